The summed E-state index contributed by atoms with van der Waals surface area (Å²) < 4.78 is 5.51. The number of rotatable bonds is 10. The van der Waals surface area contributed by atoms with Crippen LogP contribution in [-0.4, -0.2) is 70.8 Å². The molecule has 5 rings (SSSR count). The zero-order chi connectivity index (χ0) is 25.3. The Morgan fingerprint density at radius 2 is 1.54 bits per heavy atom. The second-order valence-corrected chi connectivity index (χ2v) is 9.18. The molecular formula is C29H33N7O. The van der Waals surface area contributed by atoms with E-state index in [1.807, 2.05) is 54.4 Å². The molecule has 4 aromatic rings. The van der Waals surface area contributed by atoms with Crippen molar-refractivity contribution in [2.24, 2.45) is 0 Å². The summed E-state index contributed by atoms with van der Waals surface area (Å²) in [5.74, 6) is 2.83. The van der Waals surface area contributed by atoms with Gasteiger partial charge in [0.25, 0.3) is 0 Å². The molecule has 0 radical (unpaired) electrons. The van der Waals surface area contributed by atoms with Crippen molar-refractivity contribution in [3.05, 3.63) is 90.8 Å². The quantitative estimate of drug-likeness (QED) is 0.346. The maximum atomic E-state index is 5.51. The van der Waals surface area contributed by atoms with E-state index in [4.69, 9.17) is 14.7 Å². The van der Waals surface area contributed by atoms with Crippen LogP contribution in [0.25, 0.3) is 11.4 Å². The van der Waals surface area contributed by atoms with Crippen molar-refractivity contribution in [3.63, 3.8) is 0 Å². The van der Waals surface area contributed by atoms with Crippen LogP contribution in [0, 0.1) is 0 Å². The lowest BCUT2D eigenvalue weighted by molar-refractivity contribution is 0.0368. The van der Waals surface area contributed by atoms with E-state index >= 15 is 0 Å². The highest BCUT2D eigenvalue weighted by atomic mass is 16.5. The lowest BCUT2D eigenvalue weighted by Crippen LogP contribution is -2.39. The Labute approximate surface area is 218 Å². The summed E-state index contributed by atoms with van der Waals surface area (Å²) in [7, 11) is 1.96. The molecule has 0 amide bonds. The summed E-state index contributed by atoms with van der Waals surface area (Å²) >= 11 is 0. The topological polar surface area (TPSA) is 79.3 Å². The molecule has 0 spiro atoms. The van der Waals surface area contributed by atoms with Gasteiger partial charge in [-0.2, -0.15) is 4.98 Å². The molecule has 0 aliphatic carbocycles. The van der Waals surface area contributed by atoms with Gasteiger partial charge in [-0.05, 0) is 30.5 Å². The van der Waals surface area contributed by atoms with Crippen LogP contribution in [0.1, 0.15) is 12.0 Å². The Balaban J connectivity index is 1.31. The SMILES string of the molecule is CN(c1ccnc(N[C@@H](CCN2CCOCC2)Cc2ccccc2)n1)c1ccnc(-c2ccccc2)n1. The minimum atomic E-state index is 0.203. The van der Waals surface area contributed by atoms with Crippen LogP contribution in [-0.2, 0) is 11.2 Å². The van der Waals surface area contributed by atoms with Crippen molar-refractivity contribution in [1.29, 1.82) is 0 Å². The van der Waals surface area contributed by atoms with E-state index < -0.39 is 0 Å². The van der Waals surface area contributed by atoms with Crippen LogP contribution < -0.4 is 10.2 Å². The molecule has 190 valence electrons. The number of hydrogen-bond acceptors (Lipinski definition) is 8. The number of anilines is 3. The van der Waals surface area contributed by atoms with E-state index in [0.717, 1.165) is 62.9 Å². The highest BCUT2D eigenvalue weighted by Crippen LogP contribution is 2.23. The Kier molecular flexibility index (Phi) is 8.30. The molecule has 1 fully saturated rings. The molecule has 8 nitrogen and oxygen atoms in total. The summed E-state index contributed by atoms with van der Waals surface area (Å²) in [6.45, 7) is 4.60. The smallest absolute Gasteiger partial charge is 0.224 e. The highest BCUT2D eigenvalue weighted by molar-refractivity contribution is 5.61. The summed E-state index contributed by atoms with van der Waals surface area (Å²) in [6, 6.07) is 24.6. The van der Waals surface area contributed by atoms with Gasteiger partial charge < -0.3 is 15.0 Å². The van der Waals surface area contributed by atoms with E-state index in [9.17, 15) is 0 Å². The monoisotopic (exact) mass is 495 g/mol. The number of benzene rings is 2. The first-order valence-corrected chi connectivity index (χ1v) is 12.8. The maximum Gasteiger partial charge on any atom is 0.224 e. The molecule has 37 heavy (non-hydrogen) atoms. The molecule has 2 aromatic heterocycles. The van der Waals surface area contributed by atoms with Crippen molar-refractivity contribution in [3.8, 4) is 11.4 Å². The third kappa shape index (κ3) is 6.87. The average molecular weight is 496 g/mol. The second-order valence-electron chi connectivity index (χ2n) is 9.18. The minimum Gasteiger partial charge on any atom is -0.379 e. The normalized spacial score (nSPS) is 14.7. The number of hydrogen-bond donors (Lipinski definition) is 1. The Morgan fingerprint density at radius 3 is 2.30 bits per heavy atom. The van der Waals surface area contributed by atoms with Gasteiger partial charge in [-0.15, -0.1) is 0 Å². The molecular weight excluding hydrogens is 462 g/mol. The van der Waals surface area contributed by atoms with Crippen molar-refractivity contribution in [2.75, 3.05) is 50.1 Å². The molecule has 1 aliphatic rings. The van der Waals surface area contributed by atoms with E-state index in [-0.39, 0.29) is 6.04 Å². The van der Waals surface area contributed by atoms with Crippen LogP contribution >= 0.6 is 0 Å². The van der Waals surface area contributed by atoms with Crippen LogP contribution in [0.2, 0.25) is 0 Å². The van der Waals surface area contributed by atoms with Crippen molar-refractivity contribution in [2.45, 2.75) is 18.9 Å². The van der Waals surface area contributed by atoms with Gasteiger partial charge in [-0.25, -0.2) is 15.0 Å². The highest BCUT2D eigenvalue weighted by Gasteiger charge is 2.17. The second kappa shape index (κ2) is 12.4. The first-order chi connectivity index (χ1) is 18.2. The van der Waals surface area contributed by atoms with Crippen LogP contribution in [0.15, 0.2) is 85.2 Å². The summed E-state index contributed by atoms with van der Waals surface area (Å²) in [6.07, 6.45) is 5.47. The Bertz CT molecular complexity index is 1250. The molecule has 0 unspecified atom stereocenters. The summed E-state index contributed by atoms with van der Waals surface area (Å²) in [5, 5.41) is 3.61. The lowest BCUT2D eigenvalue weighted by atomic mass is 10.0. The van der Waals surface area contributed by atoms with Crippen LogP contribution in [0.4, 0.5) is 17.6 Å². The van der Waals surface area contributed by atoms with Gasteiger partial charge in [0.15, 0.2) is 5.82 Å². The Morgan fingerprint density at radius 1 is 0.865 bits per heavy atom. The fraction of sp³-hybridized carbons (Fsp3) is 0.310. The van der Waals surface area contributed by atoms with Crippen molar-refractivity contribution >= 4 is 17.6 Å². The van der Waals surface area contributed by atoms with Gasteiger partial charge >= 0.3 is 0 Å². The van der Waals surface area contributed by atoms with Gasteiger partial charge in [-0.1, -0.05) is 60.7 Å². The number of ether oxygens (including phenoxy) is 1. The molecule has 0 saturated carbocycles. The number of aromatic nitrogens is 4. The zero-order valence-electron chi connectivity index (χ0n) is 21.2. The summed E-state index contributed by atoms with van der Waals surface area (Å²) in [4.78, 5) is 23.0. The van der Waals surface area contributed by atoms with E-state index in [2.05, 4.69) is 50.5 Å². The van der Waals surface area contributed by atoms with Gasteiger partial charge in [0.1, 0.15) is 11.6 Å². The van der Waals surface area contributed by atoms with Crippen LogP contribution in [0.3, 0.4) is 0 Å². The predicted octanol–water partition coefficient (Wildman–Crippen LogP) is 4.45. The van der Waals surface area contributed by atoms with Gasteiger partial charge in [0, 0.05) is 50.7 Å². The van der Waals surface area contributed by atoms with Crippen molar-refractivity contribution < 1.29 is 4.74 Å². The molecule has 3 heterocycles. The third-order valence-corrected chi connectivity index (χ3v) is 6.56. The molecule has 8 heteroatoms. The summed E-state index contributed by atoms with van der Waals surface area (Å²) in [5.41, 5.74) is 2.27. The van der Waals surface area contributed by atoms with E-state index in [0.29, 0.717) is 11.8 Å². The molecule has 1 saturated heterocycles. The molecule has 1 aliphatic heterocycles. The largest absolute Gasteiger partial charge is 0.379 e. The van der Waals surface area contributed by atoms with Gasteiger partial charge in [0.05, 0.1) is 13.2 Å². The predicted molar refractivity (Wildman–Crippen MR) is 147 cm³/mol. The molecule has 1 atom stereocenters. The lowest BCUT2D eigenvalue weighted by Gasteiger charge is -2.29. The van der Waals surface area contributed by atoms with Crippen molar-refractivity contribution in [1.82, 2.24) is 24.8 Å². The average Bonchev–Trinajstić information content (AvgIpc) is 2.97. The van der Waals surface area contributed by atoms with Gasteiger partial charge in [0.2, 0.25) is 5.95 Å². The number of nitrogens with zero attached hydrogens (tertiary/aromatic N) is 6. The Hall–Kier alpha value is -3.88. The molecule has 1 N–H and O–H groups in total. The number of nitrogens with one attached hydrogen (secondary N) is 1. The minimum absolute atomic E-state index is 0.203. The third-order valence-electron chi connectivity index (χ3n) is 6.56. The van der Waals surface area contributed by atoms with Gasteiger partial charge in [-0.3, -0.25) is 4.90 Å². The molecule has 2 aromatic carbocycles. The fourth-order valence-electron chi connectivity index (χ4n) is 4.45. The fourth-order valence-corrected chi connectivity index (χ4v) is 4.45. The number of morpholine rings is 1. The standard InChI is InChI=1S/C29H33N7O/c1-35(26-12-15-30-28(33-26)24-10-6-3-7-11-24)27-13-16-31-29(34-27)32-25(22-23-8-4-2-5-9-23)14-17-36-18-20-37-21-19-36/h2-13,15-16,25H,14,17-22H2,1H3,(H,31,32,34)/t25-/m0/s1. The maximum absolute atomic E-state index is 5.51. The molecule has 0 bridgehead atoms. The van der Waals surface area contributed by atoms with E-state index in [1.54, 1.807) is 12.4 Å². The van der Waals surface area contributed by atoms with E-state index in [1.165, 1.54) is 5.56 Å². The first-order valence-electron chi connectivity index (χ1n) is 12.8. The van der Waals surface area contributed by atoms with Crippen LogP contribution in [0.5, 0.6) is 0 Å². The first kappa shape index (κ1) is 24.8. The zero-order valence-corrected chi connectivity index (χ0v) is 21.2.